The van der Waals surface area contributed by atoms with Gasteiger partial charge in [0.2, 0.25) is 0 Å². The maximum atomic E-state index is 10.1. The van der Waals surface area contributed by atoms with E-state index in [1.807, 2.05) is 0 Å². The lowest BCUT2D eigenvalue weighted by Gasteiger charge is -2.35. The number of β-amino-alcohol motifs (C(OH)–C–C–N with tert-alkyl or cyclic N) is 1. The van der Waals surface area contributed by atoms with Crippen LogP contribution in [0.25, 0.3) is 0 Å². The van der Waals surface area contributed by atoms with Gasteiger partial charge in [-0.2, -0.15) is 0 Å². The molecule has 0 atom stereocenters. The number of rotatable bonds is 2. The molecule has 3 heteroatoms. The van der Waals surface area contributed by atoms with Gasteiger partial charge in [0.1, 0.15) is 0 Å². The first-order valence-corrected chi connectivity index (χ1v) is 4.97. The zero-order valence-corrected chi connectivity index (χ0v) is 8.89. The highest BCUT2D eigenvalue weighted by Gasteiger charge is 2.30. The van der Waals surface area contributed by atoms with Gasteiger partial charge in [0.05, 0.1) is 5.60 Å². The summed E-state index contributed by atoms with van der Waals surface area (Å²) in [5.74, 6) is 0. The predicted molar refractivity (Wildman–Crippen MR) is 52.8 cm³/mol. The highest BCUT2D eigenvalue weighted by atomic mass is 16.5. The van der Waals surface area contributed by atoms with Crippen LogP contribution in [-0.2, 0) is 4.74 Å². The Morgan fingerprint density at radius 2 is 1.85 bits per heavy atom. The van der Waals surface area contributed by atoms with E-state index in [1.54, 1.807) is 0 Å². The standard InChI is InChI=1S/C10H21NO2/c1-9(2,3)11-8-10(12)4-6-13-7-5-10/h11-12H,4-8H2,1-3H3. The average Bonchev–Trinajstić information content (AvgIpc) is 2.02. The molecule has 0 saturated carbocycles. The highest BCUT2D eigenvalue weighted by molar-refractivity contribution is 4.86. The Labute approximate surface area is 80.5 Å². The first-order chi connectivity index (χ1) is 5.91. The van der Waals surface area contributed by atoms with Crippen LogP contribution in [0.3, 0.4) is 0 Å². The van der Waals surface area contributed by atoms with Crippen molar-refractivity contribution >= 4 is 0 Å². The summed E-state index contributed by atoms with van der Waals surface area (Å²) in [4.78, 5) is 0. The summed E-state index contributed by atoms with van der Waals surface area (Å²) in [5, 5.41) is 13.4. The summed E-state index contributed by atoms with van der Waals surface area (Å²) < 4.78 is 5.21. The quantitative estimate of drug-likeness (QED) is 0.675. The Bertz CT molecular complexity index is 157. The topological polar surface area (TPSA) is 41.5 Å². The Morgan fingerprint density at radius 1 is 1.31 bits per heavy atom. The lowest BCUT2D eigenvalue weighted by Crippen LogP contribution is -2.50. The van der Waals surface area contributed by atoms with E-state index in [9.17, 15) is 5.11 Å². The summed E-state index contributed by atoms with van der Waals surface area (Å²) in [5.41, 5.74) is -0.473. The number of hydrogen-bond acceptors (Lipinski definition) is 3. The van der Waals surface area contributed by atoms with Crippen LogP contribution >= 0.6 is 0 Å². The van der Waals surface area contributed by atoms with Crippen LogP contribution < -0.4 is 5.32 Å². The summed E-state index contributed by atoms with van der Waals surface area (Å²) in [6.45, 7) is 8.35. The van der Waals surface area contributed by atoms with Crippen molar-refractivity contribution in [3.05, 3.63) is 0 Å². The van der Waals surface area contributed by atoms with Crippen molar-refractivity contribution in [1.29, 1.82) is 0 Å². The van der Waals surface area contributed by atoms with Crippen molar-refractivity contribution in [2.45, 2.75) is 44.8 Å². The first-order valence-electron chi connectivity index (χ1n) is 4.97. The molecule has 0 amide bonds. The SMILES string of the molecule is CC(C)(C)NCC1(O)CCOCC1. The smallest absolute Gasteiger partial charge is 0.0815 e. The van der Waals surface area contributed by atoms with Crippen molar-refractivity contribution in [2.75, 3.05) is 19.8 Å². The molecule has 0 aliphatic carbocycles. The van der Waals surface area contributed by atoms with Crippen LogP contribution in [0.5, 0.6) is 0 Å². The van der Waals surface area contributed by atoms with Gasteiger partial charge in [-0.25, -0.2) is 0 Å². The third-order valence-electron chi connectivity index (χ3n) is 2.37. The van der Waals surface area contributed by atoms with Crippen molar-refractivity contribution in [2.24, 2.45) is 0 Å². The van der Waals surface area contributed by atoms with Crippen LogP contribution in [0.15, 0.2) is 0 Å². The van der Waals surface area contributed by atoms with E-state index < -0.39 is 5.60 Å². The molecular weight excluding hydrogens is 166 g/mol. The predicted octanol–water partition coefficient (Wildman–Crippen LogP) is 0.916. The minimum absolute atomic E-state index is 0.0774. The minimum atomic E-state index is -0.550. The molecular formula is C10H21NO2. The summed E-state index contributed by atoms with van der Waals surface area (Å²) in [6, 6.07) is 0. The van der Waals surface area contributed by atoms with Crippen LogP contribution in [0.1, 0.15) is 33.6 Å². The molecule has 0 bridgehead atoms. The van der Waals surface area contributed by atoms with Gasteiger partial charge in [-0.1, -0.05) is 0 Å². The van der Waals surface area contributed by atoms with Gasteiger partial charge in [-0.3, -0.25) is 0 Å². The zero-order valence-electron chi connectivity index (χ0n) is 8.89. The third-order valence-corrected chi connectivity index (χ3v) is 2.37. The number of aliphatic hydroxyl groups is 1. The molecule has 3 nitrogen and oxygen atoms in total. The lowest BCUT2D eigenvalue weighted by atomic mass is 9.93. The van der Waals surface area contributed by atoms with Gasteiger partial charge >= 0.3 is 0 Å². The highest BCUT2D eigenvalue weighted by Crippen LogP contribution is 2.20. The number of nitrogens with one attached hydrogen (secondary N) is 1. The van der Waals surface area contributed by atoms with Gasteiger partial charge in [-0.15, -0.1) is 0 Å². The average molecular weight is 187 g/mol. The van der Waals surface area contributed by atoms with Gasteiger partial charge in [0.15, 0.2) is 0 Å². The molecule has 0 aromatic carbocycles. The van der Waals surface area contributed by atoms with Crippen molar-refractivity contribution in [1.82, 2.24) is 5.32 Å². The van der Waals surface area contributed by atoms with Crippen LogP contribution in [0, 0.1) is 0 Å². The molecule has 1 rings (SSSR count). The molecule has 13 heavy (non-hydrogen) atoms. The Kier molecular flexibility index (Phi) is 3.33. The van der Waals surface area contributed by atoms with Crippen molar-refractivity contribution < 1.29 is 9.84 Å². The summed E-state index contributed by atoms with van der Waals surface area (Å²) >= 11 is 0. The molecule has 0 aromatic heterocycles. The fourth-order valence-electron chi connectivity index (χ4n) is 1.36. The Hall–Kier alpha value is -0.120. The van der Waals surface area contributed by atoms with Gasteiger partial charge in [0.25, 0.3) is 0 Å². The first kappa shape index (κ1) is 11.0. The normalized spacial score (nSPS) is 23.1. The summed E-state index contributed by atoms with van der Waals surface area (Å²) in [7, 11) is 0. The number of hydrogen-bond donors (Lipinski definition) is 2. The van der Waals surface area contributed by atoms with E-state index in [1.165, 1.54) is 0 Å². The van der Waals surface area contributed by atoms with Crippen molar-refractivity contribution in [3.63, 3.8) is 0 Å². The van der Waals surface area contributed by atoms with Crippen LogP contribution in [-0.4, -0.2) is 36.0 Å². The van der Waals surface area contributed by atoms with Gasteiger partial charge in [-0.05, 0) is 20.8 Å². The van der Waals surface area contributed by atoms with E-state index in [2.05, 4.69) is 26.1 Å². The molecule has 1 saturated heterocycles. The van der Waals surface area contributed by atoms with Gasteiger partial charge in [0, 0.05) is 38.1 Å². The molecule has 0 radical (unpaired) electrons. The molecule has 1 aliphatic rings. The maximum Gasteiger partial charge on any atom is 0.0815 e. The Morgan fingerprint density at radius 3 is 2.31 bits per heavy atom. The van der Waals surface area contributed by atoms with Crippen molar-refractivity contribution in [3.8, 4) is 0 Å². The van der Waals surface area contributed by atoms with Crippen LogP contribution in [0.2, 0.25) is 0 Å². The fourth-order valence-corrected chi connectivity index (χ4v) is 1.36. The molecule has 1 aliphatic heterocycles. The molecule has 0 unspecified atom stereocenters. The van der Waals surface area contributed by atoms with E-state index in [-0.39, 0.29) is 5.54 Å². The zero-order chi connectivity index (χ0) is 9.95. The summed E-state index contributed by atoms with van der Waals surface area (Å²) in [6.07, 6.45) is 1.49. The van der Waals surface area contributed by atoms with E-state index in [0.29, 0.717) is 19.8 Å². The minimum Gasteiger partial charge on any atom is -0.388 e. The van der Waals surface area contributed by atoms with Gasteiger partial charge < -0.3 is 15.2 Å². The molecule has 1 fully saturated rings. The largest absolute Gasteiger partial charge is 0.388 e. The second-order valence-electron chi connectivity index (χ2n) is 4.94. The second kappa shape index (κ2) is 3.95. The van der Waals surface area contributed by atoms with Crippen LogP contribution in [0.4, 0.5) is 0 Å². The van der Waals surface area contributed by atoms with E-state index in [4.69, 9.17) is 4.74 Å². The van der Waals surface area contributed by atoms with E-state index in [0.717, 1.165) is 12.8 Å². The Balaban J connectivity index is 2.33. The molecule has 2 N–H and O–H groups in total. The molecule has 0 aromatic rings. The lowest BCUT2D eigenvalue weighted by molar-refractivity contribution is -0.0641. The molecule has 78 valence electrons. The van der Waals surface area contributed by atoms with E-state index >= 15 is 0 Å². The fraction of sp³-hybridized carbons (Fsp3) is 1.00. The number of ether oxygens (including phenoxy) is 1. The monoisotopic (exact) mass is 187 g/mol. The molecule has 1 heterocycles. The third kappa shape index (κ3) is 4.07. The maximum absolute atomic E-state index is 10.1. The second-order valence-corrected chi connectivity index (χ2v) is 4.94. The molecule has 0 spiro atoms.